The average molecular weight is 132 g/mol. The van der Waals surface area contributed by atoms with Gasteiger partial charge in [-0.05, 0) is 5.71 Å². The minimum Gasteiger partial charge on any atom is -0.341 e. The first-order chi connectivity index (χ1) is 4.84. The third kappa shape index (κ3) is 1.44. The Bertz CT molecular complexity index is 224. The highest BCUT2D eigenvalue weighted by atomic mass is 14.7. The van der Waals surface area contributed by atoms with Crippen molar-refractivity contribution in [2.45, 2.75) is 6.92 Å². The van der Waals surface area contributed by atoms with Crippen LogP contribution >= 0.6 is 0 Å². The number of aliphatic imine (C=N–C) groups is 1. The summed E-state index contributed by atoms with van der Waals surface area (Å²) < 4.78 is 0. The molecule has 0 saturated heterocycles. The molecule has 1 aromatic carbocycles. The van der Waals surface area contributed by atoms with E-state index in [1.54, 1.807) is 7.05 Å². The van der Waals surface area contributed by atoms with Crippen LogP contribution in [0.25, 0.3) is 0 Å². The van der Waals surface area contributed by atoms with Crippen LogP contribution in [0.2, 0.25) is 0 Å². The molecule has 0 aliphatic carbocycles. The molecule has 1 heteroatoms. The molecule has 0 bridgehead atoms. The second-order valence-corrected chi connectivity index (χ2v) is 2.09. The van der Waals surface area contributed by atoms with Gasteiger partial charge in [-0.3, -0.25) is 0 Å². The van der Waals surface area contributed by atoms with E-state index in [-0.39, 0.29) is 0 Å². The molecule has 0 aliphatic rings. The molecule has 10 heavy (non-hydrogen) atoms. The summed E-state index contributed by atoms with van der Waals surface area (Å²) in [6.45, 7) is 1.98. The second-order valence-electron chi connectivity index (χ2n) is 2.09. The lowest BCUT2D eigenvalue weighted by Crippen LogP contribution is -1.92. The molecular weight excluding hydrogens is 122 g/mol. The third-order valence-electron chi connectivity index (χ3n) is 1.43. The van der Waals surface area contributed by atoms with Gasteiger partial charge in [-0.2, -0.15) is 0 Å². The fourth-order valence-electron chi connectivity index (χ4n) is 0.739. The predicted molar refractivity (Wildman–Crippen MR) is 43.4 cm³/mol. The molecule has 0 unspecified atom stereocenters. The summed E-state index contributed by atoms with van der Waals surface area (Å²) in [6.07, 6.45) is 0. The van der Waals surface area contributed by atoms with Gasteiger partial charge in [-0.25, -0.2) is 0 Å². The summed E-state index contributed by atoms with van der Waals surface area (Å²) in [6, 6.07) is 10.9. The predicted octanol–water partition coefficient (Wildman–Crippen LogP) is 1.93. The molecule has 1 aromatic rings. The van der Waals surface area contributed by atoms with Crippen LogP contribution in [0.4, 0.5) is 0 Å². The van der Waals surface area contributed by atoms with Crippen LogP contribution in [0.15, 0.2) is 29.3 Å². The maximum absolute atomic E-state index is 4.04. The molecule has 0 fully saturated rings. The van der Waals surface area contributed by atoms with Gasteiger partial charge in [0.25, 0.3) is 0 Å². The molecule has 0 N–H and O–H groups in total. The van der Waals surface area contributed by atoms with E-state index in [1.165, 1.54) is 0 Å². The minimum absolute atomic E-state index is 1.03. The van der Waals surface area contributed by atoms with Crippen molar-refractivity contribution in [3.63, 3.8) is 0 Å². The number of hydrogen-bond donors (Lipinski definition) is 0. The third-order valence-corrected chi connectivity index (χ3v) is 1.43. The largest absolute Gasteiger partial charge is 0.341 e. The van der Waals surface area contributed by atoms with E-state index in [9.17, 15) is 0 Å². The van der Waals surface area contributed by atoms with Gasteiger partial charge in [0.05, 0.1) is 0 Å². The molecular formula is C9H10N-. The van der Waals surface area contributed by atoms with Crippen molar-refractivity contribution >= 4 is 5.71 Å². The van der Waals surface area contributed by atoms with E-state index in [1.807, 2.05) is 31.2 Å². The van der Waals surface area contributed by atoms with Crippen molar-refractivity contribution in [1.82, 2.24) is 0 Å². The fourth-order valence-corrected chi connectivity index (χ4v) is 0.739. The normalized spacial score (nSPS) is 11.6. The smallest absolute Gasteiger partial charge is 0.0172 e. The Morgan fingerprint density at radius 3 is 2.80 bits per heavy atom. The van der Waals surface area contributed by atoms with Crippen LogP contribution in [0.1, 0.15) is 12.5 Å². The molecule has 0 atom stereocenters. The Hall–Kier alpha value is -1.11. The van der Waals surface area contributed by atoms with E-state index >= 15 is 0 Å². The number of nitrogens with zero attached hydrogens (tertiary/aromatic N) is 1. The van der Waals surface area contributed by atoms with Crippen LogP contribution in [0, 0.1) is 6.07 Å². The van der Waals surface area contributed by atoms with E-state index in [2.05, 4.69) is 11.1 Å². The molecule has 0 radical (unpaired) electrons. The van der Waals surface area contributed by atoms with E-state index in [0.29, 0.717) is 0 Å². The highest BCUT2D eigenvalue weighted by molar-refractivity contribution is 5.98. The van der Waals surface area contributed by atoms with Gasteiger partial charge >= 0.3 is 0 Å². The van der Waals surface area contributed by atoms with Crippen molar-refractivity contribution in [3.8, 4) is 0 Å². The maximum Gasteiger partial charge on any atom is 0.0172 e. The fraction of sp³-hybridized carbons (Fsp3) is 0.222. The van der Waals surface area contributed by atoms with Crippen LogP contribution in [0.3, 0.4) is 0 Å². The summed E-state index contributed by atoms with van der Waals surface area (Å²) >= 11 is 0. The van der Waals surface area contributed by atoms with E-state index in [4.69, 9.17) is 0 Å². The molecule has 1 rings (SSSR count). The summed E-state index contributed by atoms with van der Waals surface area (Å²) in [5.74, 6) is 0. The first kappa shape index (κ1) is 7.00. The second kappa shape index (κ2) is 3.16. The summed E-state index contributed by atoms with van der Waals surface area (Å²) in [7, 11) is 1.79. The molecule has 0 heterocycles. The molecule has 0 spiro atoms. The van der Waals surface area contributed by atoms with Crippen LogP contribution < -0.4 is 0 Å². The van der Waals surface area contributed by atoms with Gasteiger partial charge in [0.15, 0.2) is 0 Å². The van der Waals surface area contributed by atoms with Crippen LogP contribution in [0.5, 0.6) is 0 Å². The molecule has 0 saturated carbocycles. The Morgan fingerprint density at radius 1 is 1.50 bits per heavy atom. The average Bonchev–Trinajstić information content (AvgIpc) is 2.05. The van der Waals surface area contributed by atoms with Crippen molar-refractivity contribution in [2.24, 2.45) is 4.99 Å². The topological polar surface area (TPSA) is 12.4 Å². The summed E-state index contributed by atoms with van der Waals surface area (Å²) in [4.78, 5) is 4.04. The van der Waals surface area contributed by atoms with Gasteiger partial charge in [0.2, 0.25) is 0 Å². The number of benzene rings is 1. The quantitative estimate of drug-likeness (QED) is 0.409. The summed E-state index contributed by atoms with van der Waals surface area (Å²) in [5.41, 5.74) is 2.10. The van der Waals surface area contributed by atoms with Crippen LogP contribution in [-0.2, 0) is 0 Å². The monoisotopic (exact) mass is 132 g/mol. The van der Waals surface area contributed by atoms with Crippen LogP contribution in [-0.4, -0.2) is 12.8 Å². The Kier molecular flexibility index (Phi) is 2.21. The Morgan fingerprint density at radius 2 is 2.30 bits per heavy atom. The van der Waals surface area contributed by atoms with Gasteiger partial charge in [0, 0.05) is 7.05 Å². The lowest BCUT2D eigenvalue weighted by atomic mass is 10.1. The van der Waals surface area contributed by atoms with Crippen molar-refractivity contribution in [3.05, 3.63) is 35.9 Å². The SMILES string of the molecule is CN=C(C)c1[c-]cccc1. The van der Waals surface area contributed by atoms with Gasteiger partial charge < -0.3 is 4.99 Å². The van der Waals surface area contributed by atoms with E-state index < -0.39 is 0 Å². The zero-order valence-electron chi connectivity index (χ0n) is 6.26. The Balaban J connectivity index is 2.96. The Labute approximate surface area is 61.4 Å². The van der Waals surface area contributed by atoms with Gasteiger partial charge in [-0.1, -0.05) is 6.92 Å². The zero-order chi connectivity index (χ0) is 7.40. The molecule has 0 aliphatic heterocycles. The van der Waals surface area contributed by atoms with Crippen molar-refractivity contribution in [2.75, 3.05) is 7.05 Å². The highest BCUT2D eigenvalue weighted by Crippen LogP contribution is 1.98. The number of hydrogen-bond acceptors (Lipinski definition) is 1. The highest BCUT2D eigenvalue weighted by Gasteiger charge is 1.81. The van der Waals surface area contributed by atoms with Crippen molar-refractivity contribution in [1.29, 1.82) is 0 Å². The maximum atomic E-state index is 4.04. The lowest BCUT2D eigenvalue weighted by molar-refractivity contribution is 1.41. The first-order valence-electron chi connectivity index (χ1n) is 3.25. The summed E-state index contributed by atoms with van der Waals surface area (Å²) in [5, 5.41) is 0. The van der Waals surface area contributed by atoms with E-state index in [0.717, 1.165) is 11.3 Å². The van der Waals surface area contributed by atoms with Crippen molar-refractivity contribution < 1.29 is 0 Å². The minimum atomic E-state index is 1.03. The molecule has 1 nitrogen and oxygen atoms in total. The zero-order valence-corrected chi connectivity index (χ0v) is 6.26. The number of rotatable bonds is 1. The lowest BCUT2D eigenvalue weighted by Gasteiger charge is -2.04. The van der Waals surface area contributed by atoms with Gasteiger partial charge in [-0.15, -0.1) is 35.9 Å². The standard InChI is InChI=1S/C9H10N/c1-8(10-2)9-6-4-3-5-7-9/h3-6H,1-2H3/q-1. The van der Waals surface area contributed by atoms with Gasteiger partial charge in [0.1, 0.15) is 0 Å². The molecule has 0 amide bonds. The first-order valence-corrected chi connectivity index (χ1v) is 3.25. The molecule has 0 aromatic heterocycles. The molecule has 52 valence electrons.